The number of fused-ring (bicyclic) bond motifs is 2. The molecular weight excluding hydrogens is 314 g/mol. The van der Waals surface area contributed by atoms with Gasteiger partial charge in [0.1, 0.15) is 5.75 Å². The van der Waals surface area contributed by atoms with Gasteiger partial charge in [-0.25, -0.2) is 0 Å². The van der Waals surface area contributed by atoms with Gasteiger partial charge in [0.05, 0.1) is 20.6 Å². The maximum Gasteiger partial charge on any atom is 0.116 e. The Labute approximate surface area is 140 Å². The maximum absolute atomic E-state index is 9.86. The van der Waals surface area contributed by atoms with E-state index in [1.54, 1.807) is 17.8 Å². The highest BCUT2D eigenvalue weighted by Crippen LogP contribution is 2.47. The third-order valence-electron chi connectivity index (χ3n) is 3.70. The molecular formula is C18H19ClNOS+. The normalized spacial score (nSPS) is 15.0. The second kappa shape index (κ2) is 6.37. The van der Waals surface area contributed by atoms with Gasteiger partial charge in [-0.2, -0.15) is 0 Å². The van der Waals surface area contributed by atoms with Gasteiger partial charge in [0.15, 0.2) is 0 Å². The van der Waals surface area contributed by atoms with Crippen molar-refractivity contribution in [2.24, 2.45) is 0 Å². The van der Waals surface area contributed by atoms with Gasteiger partial charge in [0.25, 0.3) is 0 Å². The first kappa shape index (κ1) is 15.5. The number of hydrogen-bond acceptors (Lipinski definition) is 2. The molecule has 2 aromatic rings. The first-order valence-corrected chi connectivity index (χ1v) is 8.54. The van der Waals surface area contributed by atoms with E-state index in [0.29, 0.717) is 5.75 Å². The average Bonchev–Trinajstić information content (AvgIpc) is 2.47. The van der Waals surface area contributed by atoms with Crippen LogP contribution in [0.2, 0.25) is 5.02 Å². The van der Waals surface area contributed by atoms with E-state index in [2.05, 4.69) is 26.2 Å². The van der Waals surface area contributed by atoms with Crippen molar-refractivity contribution in [1.82, 2.24) is 0 Å². The highest BCUT2D eigenvalue weighted by atomic mass is 35.5. The Morgan fingerprint density at radius 3 is 2.50 bits per heavy atom. The SMILES string of the molecule is C[NH+](C)CCC=C1c2cc(O)ccc2Sc2ccc(Cl)cc21. The van der Waals surface area contributed by atoms with Gasteiger partial charge >= 0.3 is 0 Å². The van der Waals surface area contributed by atoms with Crippen LogP contribution < -0.4 is 4.90 Å². The van der Waals surface area contributed by atoms with Gasteiger partial charge < -0.3 is 10.0 Å². The fourth-order valence-corrected chi connectivity index (χ4v) is 3.85. The number of aromatic hydroxyl groups is 1. The van der Waals surface area contributed by atoms with Gasteiger partial charge in [0.2, 0.25) is 0 Å². The number of nitrogens with one attached hydrogen (secondary N) is 1. The molecule has 114 valence electrons. The van der Waals surface area contributed by atoms with Gasteiger partial charge in [-0.15, -0.1) is 0 Å². The lowest BCUT2D eigenvalue weighted by molar-refractivity contribution is -0.857. The number of benzene rings is 2. The Bertz CT molecular complexity index is 686. The van der Waals surface area contributed by atoms with Crippen LogP contribution in [0.5, 0.6) is 5.75 Å². The van der Waals surface area contributed by atoms with E-state index in [1.165, 1.54) is 20.3 Å². The van der Waals surface area contributed by atoms with Crippen molar-refractivity contribution in [2.75, 3.05) is 20.6 Å². The number of halogens is 1. The molecule has 1 heterocycles. The molecule has 0 bridgehead atoms. The fourth-order valence-electron chi connectivity index (χ4n) is 2.61. The average molecular weight is 333 g/mol. The molecule has 0 amide bonds. The number of quaternary nitrogens is 1. The molecule has 0 fully saturated rings. The minimum absolute atomic E-state index is 0.300. The van der Waals surface area contributed by atoms with Crippen LogP contribution in [0, 0.1) is 0 Å². The van der Waals surface area contributed by atoms with Gasteiger partial charge in [-0.3, -0.25) is 0 Å². The van der Waals surface area contributed by atoms with Crippen molar-refractivity contribution in [2.45, 2.75) is 16.2 Å². The summed E-state index contributed by atoms with van der Waals surface area (Å²) >= 11 is 7.92. The van der Waals surface area contributed by atoms with Gasteiger partial charge in [0, 0.05) is 21.2 Å². The molecule has 3 rings (SSSR count). The van der Waals surface area contributed by atoms with Crippen LogP contribution in [0.4, 0.5) is 0 Å². The minimum atomic E-state index is 0.300. The summed E-state index contributed by atoms with van der Waals surface area (Å²) in [7, 11) is 4.31. The number of rotatable bonds is 3. The zero-order chi connectivity index (χ0) is 15.7. The minimum Gasteiger partial charge on any atom is -0.508 e. The zero-order valence-electron chi connectivity index (χ0n) is 12.7. The Kier molecular flexibility index (Phi) is 4.48. The van der Waals surface area contributed by atoms with Crippen molar-refractivity contribution in [1.29, 1.82) is 0 Å². The third-order valence-corrected chi connectivity index (χ3v) is 5.08. The molecule has 0 aliphatic carbocycles. The lowest BCUT2D eigenvalue weighted by Crippen LogP contribution is -3.05. The van der Waals surface area contributed by atoms with Crippen molar-refractivity contribution in [3.05, 3.63) is 58.6 Å². The lowest BCUT2D eigenvalue weighted by atomic mass is 9.96. The molecule has 0 unspecified atom stereocenters. The molecule has 1 aliphatic heterocycles. The predicted octanol–water partition coefficient (Wildman–Crippen LogP) is 3.48. The van der Waals surface area contributed by atoms with Crippen LogP contribution >= 0.6 is 23.4 Å². The monoisotopic (exact) mass is 332 g/mol. The second-order valence-electron chi connectivity index (χ2n) is 5.79. The van der Waals surface area contributed by atoms with E-state index in [0.717, 1.165) is 29.1 Å². The summed E-state index contributed by atoms with van der Waals surface area (Å²) in [6.07, 6.45) is 3.25. The maximum atomic E-state index is 9.86. The Morgan fingerprint density at radius 2 is 1.77 bits per heavy atom. The van der Waals surface area contributed by atoms with Gasteiger partial charge in [-0.1, -0.05) is 29.4 Å². The van der Waals surface area contributed by atoms with Crippen molar-refractivity contribution >= 4 is 28.9 Å². The summed E-state index contributed by atoms with van der Waals surface area (Å²) in [6, 6.07) is 11.6. The van der Waals surface area contributed by atoms with Crippen LogP contribution in [-0.4, -0.2) is 25.7 Å². The van der Waals surface area contributed by atoms with E-state index >= 15 is 0 Å². The summed E-state index contributed by atoms with van der Waals surface area (Å²) in [6.45, 7) is 1.07. The largest absolute Gasteiger partial charge is 0.508 e. The van der Waals surface area contributed by atoms with Crippen LogP contribution in [0.3, 0.4) is 0 Å². The first-order chi connectivity index (χ1) is 10.5. The van der Waals surface area contributed by atoms with E-state index in [9.17, 15) is 5.11 Å². The second-order valence-corrected chi connectivity index (χ2v) is 7.31. The van der Waals surface area contributed by atoms with E-state index in [-0.39, 0.29) is 0 Å². The molecule has 2 N–H and O–H groups in total. The van der Waals surface area contributed by atoms with E-state index < -0.39 is 0 Å². The van der Waals surface area contributed by atoms with Crippen LogP contribution in [0.1, 0.15) is 17.5 Å². The van der Waals surface area contributed by atoms with Crippen molar-refractivity contribution in [3.63, 3.8) is 0 Å². The lowest BCUT2D eigenvalue weighted by Gasteiger charge is -2.22. The molecule has 1 aliphatic rings. The van der Waals surface area contributed by atoms with E-state index in [1.807, 2.05) is 24.3 Å². The molecule has 0 saturated heterocycles. The molecule has 22 heavy (non-hydrogen) atoms. The van der Waals surface area contributed by atoms with Crippen LogP contribution in [-0.2, 0) is 0 Å². The molecule has 0 aromatic heterocycles. The first-order valence-electron chi connectivity index (χ1n) is 7.35. The third kappa shape index (κ3) is 3.17. The highest BCUT2D eigenvalue weighted by molar-refractivity contribution is 7.99. The predicted molar refractivity (Wildman–Crippen MR) is 93.1 cm³/mol. The van der Waals surface area contributed by atoms with Crippen molar-refractivity contribution < 1.29 is 10.0 Å². The Balaban J connectivity index is 2.09. The molecule has 4 heteroatoms. The smallest absolute Gasteiger partial charge is 0.116 e. The molecule has 0 saturated carbocycles. The Morgan fingerprint density at radius 1 is 1.09 bits per heavy atom. The summed E-state index contributed by atoms with van der Waals surface area (Å²) in [4.78, 5) is 3.81. The molecule has 2 aromatic carbocycles. The quantitative estimate of drug-likeness (QED) is 0.767. The van der Waals surface area contributed by atoms with Crippen LogP contribution in [0.15, 0.2) is 52.3 Å². The summed E-state index contributed by atoms with van der Waals surface area (Å²) in [5.41, 5.74) is 3.42. The van der Waals surface area contributed by atoms with Crippen LogP contribution in [0.25, 0.3) is 5.57 Å². The molecule has 0 radical (unpaired) electrons. The van der Waals surface area contributed by atoms with Gasteiger partial charge in [-0.05, 0) is 53.1 Å². The highest BCUT2D eigenvalue weighted by Gasteiger charge is 2.21. The number of hydrogen-bond donors (Lipinski definition) is 2. The Hall–Kier alpha value is -1.42. The fraction of sp³-hybridized carbons (Fsp3) is 0.222. The number of phenolic OH excluding ortho intramolecular Hbond substituents is 1. The molecule has 0 atom stereocenters. The topological polar surface area (TPSA) is 24.7 Å². The summed E-state index contributed by atoms with van der Waals surface area (Å²) in [5.74, 6) is 0.300. The summed E-state index contributed by atoms with van der Waals surface area (Å²) < 4.78 is 0. The van der Waals surface area contributed by atoms with Crippen molar-refractivity contribution in [3.8, 4) is 5.75 Å². The number of phenols is 1. The summed E-state index contributed by atoms with van der Waals surface area (Å²) in [5, 5.41) is 10.6. The standard InChI is InChI=1S/C18H18ClNOS/c1-20(2)9-3-4-14-15-10-12(19)5-7-17(15)22-18-8-6-13(21)11-16(14)18/h4-8,10-11,21H,3,9H2,1-2H3/p+1. The molecule has 0 spiro atoms. The zero-order valence-corrected chi connectivity index (χ0v) is 14.3. The molecule has 2 nitrogen and oxygen atoms in total. The van der Waals surface area contributed by atoms with E-state index in [4.69, 9.17) is 11.6 Å².